The summed E-state index contributed by atoms with van der Waals surface area (Å²) in [6.45, 7) is 0.663. The van der Waals surface area contributed by atoms with Gasteiger partial charge in [-0.05, 0) is 49.4 Å². The van der Waals surface area contributed by atoms with Crippen molar-refractivity contribution >= 4 is 29.5 Å². The van der Waals surface area contributed by atoms with Crippen LogP contribution in [0.1, 0.15) is 76.4 Å². The molecule has 0 radical (unpaired) electrons. The maximum atomic E-state index is 14.3. The Balaban J connectivity index is 1.49. The second-order valence-electron chi connectivity index (χ2n) is 11.1. The van der Waals surface area contributed by atoms with Crippen LogP contribution in [0, 0.1) is 11.8 Å². The molecule has 10 heteroatoms. The first-order valence-corrected chi connectivity index (χ1v) is 14.8. The molecule has 0 saturated heterocycles. The molecule has 0 spiro atoms. The van der Waals surface area contributed by atoms with Crippen LogP contribution in [0.5, 0.6) is 5.75 Å². The first-order chi connectivity index (χ1) is 20.3. The summed E-state index contributed by atoms with van der Waals surface area (Å²) < 4.78 is 6.19. The largest absolute Gasteiger partial charge is 0.493 e. The van der Waals surface area contributed by atoms with Crippen LogP contribution < -0.4 is 15.4 Å². The van der Waals surface area contributed by atoms with Crippen molar-refractivity contribution in [3.05, 3.63) is 64.7 Å². The minimum Gasteiger partial charge on any atom is -0.493 e. The molecule has 1 fully saturated rings. The summed E-state index contributed by atoms with van der Waals surface area (Å²) in [4.78, 5) is 68.6. The Morgan fingerprint density at radius 1 is 0.905 bits per heavy atom. The number of amides is 5. The van der Waals surface area contributed by atoms with E-state index in [4.69, 9.17) is 4.74 Å². The lowest BCUT2D eigenvalue weighted by atomic mass is 9.77. The van der Waals surface area contributed by atoms with Crippen molar-refractivity contribution in [2.75, 3.05) is 33.8 Å². The Bertz CT molecular complexity index is 1360. The molecule has 222 valence electrons. The van der Waals surface area contributed by atoms with Crippen molar-refractivity contribution in [1.29, 1.82) is 0 Å². The Kier molecular flexibility index (Phi) is 8.89. The molecule has 10 nitrogen and oxygen atoms in total. The highest BCUT2D eigenvalue weighted by molar-refractivity contribution is 6.21. The topological polar surface area (TPSA) is 125 Å². The molecule has 2 heterocycles. The molecule has 2 aromatic rings. The van der Waals surface area contributed by atoms with Crippen LogP contribution in [-0.2, 0) is 20.8 Å². The number of carbonyl (C=O) groups excluding carboxylic acids is 5. The Morgan fingerprint density at radius 3 is 2.26 bits per heavy atom. The molecule has 3 atom stereocenters. The summed E-state index contributed by atoms with van der Waals surface area (Å²) >= 11 is 0. The number of ether oxygens (including phenoxy) is 1. The van der Waals surface area contributed by atoms with Crippen LogP contribution in [0.15, 0.2) is 42.5 Å². The fourth-order valence-corrected chi connectivity index (χ4v) is 6.57. The molecule has 5 rings (SSSR count). The fraction of sp³-hybridized carbons (Fsp3) is 0.469. The zero-order valence-electron chi connectivity index (χ0n) is 24.2. The van der Waals surface area contributed by atoms with Crippen LogP contribution in [0.2, 0.25) is 0 Å². The number of benzene rings is 2. The lowest BCUT2D eigenvalue weighted by molar-refractivity contribution is -0.146. The summed E-state index contributed by atoms with van der Waals surface area (Å²) in [5.74, 6) is -1.46. The van der Waals surface area contributed by atoms with E-state index in [-0.39, 0.29) is 36.1 Å². The van der Waals surface area contributed by atoms with Crippen molar-refractivity contribution in [3.63, 3.8) is 0 Å². The second-order valence-corrected chi connectivity index (χ2v) is 11.1. The standard InChI is InChI=1S/C32H38N4O6/c1-33-27(37)15-8-18-42-26-14-7-9-20-16-17-35(30(39)22-11-4-3-10-21(22)29(38)34-2)25(28(20)26)19-36-31(40)23-12-5-6-13-24(23)32(36)41/h5-7,9,12-14,21-22,25H,3-4,8,10-11,15-19H2,1-2H3,(H,33,37)(H,34,38)/t21-,22+,25+/m0/s1. The minimum absolute atomic E-state index is 0.0267. The summed E-state index contributed by atoms with van der Waals surface area (Å²) in [5, 5.41) is 5.33. The Hall–Kier alpha value is -4.21. The molecular formula is C32H38N4O6. The van der Waals surface area contributed by atoms with Gasteiger partial charge in [0.2, 0.25) is 17.7 Å². The van der Waals surface area contributed by atoms with Crippen LogP contribution in [0.4, 0.5) is 0 Å². The van der Waals surface area contributed by atoms with E-state index < -0.39 is 17.9 Å². The van der Waals surface area contributed by atoms with E-state index in [1.807, 2.05) is 18.2 Å². The predicted molar refractivity (Wildman–Crippen MR) is 155 cm³/mol. The average Bonchev–Trinajstić information content (AvgIpc) is 3.27. The second kappa shape index (κ2) is 12.8. The summed E-state index contributed by atoms with van der Waals surface area (Å²) in [6.07, 6.45) is 4.39. The van der Waals surface area contributed by atoms with Crippen molar-refractivity contribution in [2.24, 2.45) is 11.8 Å². The normalized spacial score (nSPS) is 21.4. The van der Waals surface area contributed by atoms with Crippen molar-refractivity contribution < 1.29 is 28.7 Å². The van der Waals surface area contributed by atoms with Crippen molar-refractivity contribution in [2.45, 2.75) is 51.0 Å². The lowest BCUT2D eigenvalue weighted by Crippen LogP contribution is -2.51. The number of nitrogens with one attached hydrogen (secondary N) is 2. The molecule has 0 unspecified atom stereocenters. The van der Waals surface area contributed by atoms with E-state index in [2.05, 4.69) is 10.6 Å². The van der Waals surface area contributed by atoms with Gasteiger partial charge in [0, 0.05) is 44.5 Å². The van der Waals surface area contributed by atoms with E-state index >= 15 is 0 Å². The van der Waals surface area contributed by atoms with Gasteiger partial charge < -0.3 is 20.3 Å². The van der Waals surface area contributed by atoms with Gasteiger partial charge >= 0.3 is 0 Å². The number of nitrogens with zero attached hydrogens (tertiary/aromatic N) is 2. The number of hydrogen-bond donors (Lipinski definition) is 2. The van der Waals surface area contributed by atoms with E-state index in [1.165, 1.54) is 4.90 Å². The van der Waals surface area contributed by atoms with Crippen LogP contribution in [0.25, 0.3) is 0 Å². The summed E-state index contributed by atoms with van der Waals surface area (Å²) in [6, 6.07) is 11.8. The van der Waals surface area contributed by atoms with Gasteiger partial charge in [-0.15, -0.1) is 0 Å². The highest BCUT2D eigenvalue weighted by Gasteiger charge is 2.44. The third kappa shape index (κ3) is 5.62. The first-order valence-electron chi connectivity index (χ1n) is 14.8. The van der Waals surface area contributed by atoms with E-state index in [0.29, 0.717) is 62.1 Å². The number of hydrogen-bond acceptors (Lipinski definition) is 6. The third-order valence-electron chi connectivity index (χ3n) is 8.76. The van der Waals surface area contributed by atoms with Crippen molar-refractivity contribution in [3.8, 4) is 5.75 Å². The van der Waals surface area contributed by atoms with Gasteiger partial charge in [-0.25, -0.2) is 0 Å². The average molecular weight is 575 g/mol. The summed E-state index contributed by atoms with van der Waals surface area (Å²) in [5.41, 5.74) is 2.45. The van der Waals surface area contributed by atoms with Gasteiger partial charge in [0.25, 0.3) is 11.8 Å². The minimum atomic E-state index is -0.647. The van der Waals surface area contributed by atoms with E-state index in [0.717, 1.165) is 24.0 Å². The van der Waals surface area contributed by atoms with E-state index in [1.54, 1.807) is 43.3 Å². The molecule has 2 aliphatic heterocycles. The van der Waals surface area contributed by atoms with Crippen LogP contribution in [0.3, 0.4) is 0 Å². The highest BCUT2D eigenvalue weighted by atomic mass is 16.5. The maximum Gasteiger partial charge on any atom is 0.261 e. The van der Waals surface area contributed by atoms with Crippen LogP contribution >= 0.6 is 0 Å². The highest BCUT2D eigenvalue weighted by Crippen LogP contribution is 2.41. The zero-order chi connectivity index (χ0) is 29.8. The SMILES string of the molecule is CNC(=O)CCCOc1cccc2c1[C@@H](CN1C(=O)c3ccccc3C1=O)N(C(=O)[C@@H]1CCCC[C@@H]1C(=O)NC)CC2. The number of rotatable bonds is 9. The Labute approximate surface area is 245 Å². The molecule has 2 N–H and O–H groups in total. The van der Waals surface area contributed by atoms with Gasteiger partial charge in [-0.2, -0.15) is 0 Å². The number of fused-ring (bicyclic) bond motifs is 2. The molecule has 5 amide bonds. The number of carbonyl (C=O) groups is 5. The number of imide groups is 1. The zero-order valence-corrected chi connectivity index (χ0v) is 24.2. The molecular weight excluding hydrogens is 536 g/mol. The Morgan fingerprint density at radius 2 is 1.60 bits per heavy atom. The maximum absolute atomic E-state index is 14.3. The summed E-state index contributed by atoms with van der Waals surface area (Å²) in [7, 11) is 3.18. The van der Waals surface area contributed by atoms with E-state index in [9.17, 15) is 24.0 Å². The van der Waals surface area contributed by atoms with Gasteiger partial charge in [-0.3, -0.25) is 28.9 Å². The third-order valence-corrected chi connectivity index (χ3v) is 8.76. The molecule has 3 aliphatic rings. The smallest absolute Gasteiger partial charge is 0.261 e. The quantitative estimate of drug-likeness (QED) is 0.351. The molecule has 2 aromatic carbocycles. The lowest BCUT2D eigenvalue weighted by Gasteiger charge is -2.42. The van der Waals surface area contributed by atoms with Gasteiger partial charge in [0.1, 0.15) is 5.75 Å². The molecule has 0 bridgehead atoms. The van der Waals surface area contributed by atoms with Gasteiger partial charge in [0.15, 0.2) is 0 Å². The van der Waals surface area contributed by atoms with Gasteiger partial charge in [0.05, 0.1) is 30.3 Å². The van der Waals surface area contributed by atoms with Gasteiger partial charge in [-0.1, -0.05) is 37.1 Å². The predicted octanol–water partition coefficient (Wildman–Crippen LogP) is 2.87. The van der Waals surface area contributed by atoms with Crippen LogP contribution in [-0.4, -0.2) is 73.1 Å². The molecule has 1 aliphatic carbocycles. The molecule has 42 heavy (non-hydrogen) atoms. The molecule has 0 aromatic heterocycles. The molecule has 1 saturated carbocycles. The van der Waals surface area contributed by atoms with Crippen molar-refractivity contribution in [1.82, 2.24) is 20.4 Å². The first kappa shape index (κ1) is 29.3. The fourth-order valence-electron chi connectivity index (χ4n) is 6.57. The monoisotopic (exact) mass is 574 g/mol.